The van der Waals surface area contributed by atoms with Crippen LogP contribution in [0.3, 0.4) is 0 Å². The van der Waals surface area contributed by atoms with Crippen molar-refractivity contribution in [3.05, 3.63) is 60.4 Å². The van der Waals surface area contributed by atoms with E-state index < -0.39 is 52.5 Å². The minimum atomic E-state index is -4.98. The second-order valence-electron chi connectivity index (χ2n) is 8.62. The lowest BCUT2D eigenvalue weighted by molar-refractivity contribution is -0.149. The Bertz CT molecular complexity index is 1860. The summed E-state index contributed by atoms with van der Waals surface area (Å²) in [7, 11) is -4.98. The summed E-state index contributed by atoms with van der Waals surface area (Å²) in [5, 5.41) is 2.70. The average Bonchev–Trinajstić information content (AvgIpc) is 3.36. The number of carbonyl (C=O) groups is 1. The number of imidazole rings is 1. The zero-order chi connectivity index (χ0) is 37.3. The molecule has 0 aliphatic rings. The molecule has 2 aromatic carbocycles. The van der Waals surface area contributed by atoms with Gasteiger partial charge < -0.3 is 24.3 Å². The molecule has 0 saturated carbocycles. The first kappa shape index (κ1) is 18.8. The second-order valence-corrected chi connectivity index (χ2v) is 10.3. The van der Waals surface area contributed by atoms with Gasteiger partial charge in [-0.2, -0.15) is 5.09 Å². The molecule has 0 fully saturated rings. The van der Waals surface area contributed by atoms with E-state index in [1.54, 1.807) is 41.8 Å². The summed E-state index contributed by atoms with van der Waals surface area (Å²) >= 11 is 0. The van der Waals surface area contributed by atoms with Crippen LogP contribution in [0.1, 0.15) is 53.9 Å². The van der Waals surface area contributed by atoms with Crippen molar-refractivity contribution in [2.75, 3.05) is 12.3 Å². The highest BCUT2D eigenvalue weighted by atomic mass is 31.2. The Morgan fingerprint density at radius 3 is 2.62 bits per heavy atom. The van der Waals surface area contributed by atoms with Gasteiger partial charge in [0.1, 0.15) is 29.7 Å². The van der Waals surface area contributed by atoms with Gasteiger partial charge in [0, 0.05) is 24.3 Å². The first-order valence-corrected chi connectivity index (χ1v) is 13.8. The number of hydrogen-bond acceptors (Lipinski definition) is 9. The molecule has 3 N–H and O–H groups in total. The molecule has 0 aliphatic heterocycles. The Balaban J connectivity index is 1.76. The average molecular weight is 580 g/mol. The van der Waals surface area contributed by atoms with E-state index in [2.05, 4.69) is 14.7 Å². The van der Waals surface area contributed by atoms with Crippen LogP contribution in [-0.2, 0) is 36.5 Å². The molecule has 40 heavy (non-hydrogen) atoms. The molecule has 0 amide bonds. The summed E-state index contributed by atoms with van der Waals surface area (Å²) < 4.78 is 115. The predicted molar refractivity (Wildman–Crippen MR) is 154 cm³/mol. The van der Waals surface area contributed by atoms with Crippen LogP contribution in [0.25, 0.3) is 21.9 Å². The van der Waals surface area contributed by atoms with Gasteiger partial charge in [0.15, 0.2) is 5.82 Å². The second kappa shape index (κ2) is 12.8. The third-order valence-electron chi connectivity index (χ3n) is 5.58. The molecule has 2 heterocycles. The normalized spacial score (nSPS) is 19.6. The standard InChI is InChI=1S/C28H36N5O6P/c1-6-36-17-24-31-25-26(22-14-10-11-15-23(22)30-27(25)29)33(24)16-19(4)38-40(35,39-21-12-8-7-9-13-21)32-20(5)28(34)37-18(2)3/h7-15,18-20H,6,16-17H2,1-5H3,(H2,29,30)(H,32,35)/t19-,20+,40+/m1/s1/i2D3,3D3,5D3,18D. The Morgan fingerprint density at radius 2 is 1.90 bits per heavy atom. The number of aromatic nitrogens is 3. The molecule has 0 unspecified atom stereocenters. The molecular formula is C28H36N5O6P. The monoisotopic (exact) mass is 579 g/mol. The van der Waals surface area contributed by atoms with E-state index >= 15 is 0 Å². The van der Waals surface area contributed by atoms with E-state index in [9.17, 15) is 9.36 Å². The van der Waals surface area contributed by atoms with E-state index in [-0.39, 0.29) is 24.7 Å². The predicted octanol–water partition coefficient (Wildman–Crippen LogP) is 5.23. The zero-order valence-corrected chi connectivity index (χ0v) is 22.7. The number of nitrogens with one attached hydrogen (secondary N) is 1. The molecule has 0 bridgehead atoms. The maximum Gasteiger partial charge on any atom is 0.459 e. The van der Waals surface area contributed by atoms with Gasteiger partial charge in [0.2, 0.25) is 0 Å². The number of fused-ring (bicyclic) bond motifs is 3. The van der Waals surface area contributed by atoms with Crippen molar-refractivity contribution < 1.29 is 41.6 Å². The number of esters is 1. The van der Waals surface area contributed by atoms with Gasteiger partial charge in [-0.05, 0) is 52.6 Å². The van der Waals surface area contributed by atoms with Gasteiger partial charge in [0.05, 0.1) is 31.1 Å². The number of ether oxygens (including phenoxy) is 2. The van der Waals surface area contributed by atoms with Crippen molar-refractivity contribution in [2.24, 2.45) is 0 Å². The summed E-state index contributed by atoms with van der Waals surface area (Å²) in [6, 6.07) is 11.8. The summed E-state index contributed by atoms with van der Waals surface area (Å²) in [4.78, 5) is 22.3. The lowest BCUT2D eigenvalue weighted by atomic mass is 10.2. The van der Waals surface area contributed by atoms with Crippen molar-refractivity contribution >= 4 is 41.5 Å². The molecule has 0 saturated heterocycles. The summed E-state index contributed by atoms with van der Waals surface area (Å²) in [5.74, 6) is -1.56. The summed E-state index contributed by atoms with van der Waals surface area (Å²) in [6.07, 6.45) is -4.99. The van der Waals surface area contributed by atoms with Crippen LogP contribution in [0.4, 0.5) is 5.82 Å². The molecule has 0 aliphatic carbocycles. The fourth-order valence-corrected chi connectivity index (χ4v) is 5.52. The van der Waals surface area contributed by atoms with Crippen molar-refractivity contribution in [3.63, 3.8) is 0 Å². The van der Waals surface area contributed by atoms with Crippen LogP contribution >= 0.6 is 7.75 Å². The zero-order valence-electron chi connectivity index (χ0n) is 31.8. The maximum absolute atomic E-state index is 14.5. The third-order valence-corrected chi connectivity index (χ3v) is 7.24. The van der Waals surface area contributed by atoms with E-state index in [1.807, 2.05) is 5.09 Å². The third kappa shape index (κ3) is 6.98. The number of carbonyl (C=O) groups excluding carboxylic acids is 1. The number of rotatable bonds is 13. The molecule has 0 spiro atoms. The molecule has 214 valence electrons. The molecule has 11 nitrogen and oxygen atoms in total. The van der Waals surface area contributed by atoms with Crippen LogP contribution in [0.5, 0.6) is 5.75 Å². The Hall–Kier alpha value is -3.50. The highest BCUT2D eigenvalue weighted by Gasteiger charge is 2.35. The fourth-order valence-electron chi connectivity index (χ4n) is 4.00. The highest BCUT2D eigenvalue weighted by molar-refractivity contribution is 7.52. The van der Waals surface area contributed by atoms with Crippen LogP contribution < -0.4 is 15.3 Å². The van der Waals surface area contributed by atoms with Crippen molar-refractivity contribution in [2.45, 2.75) is 65.8 Å². The molecule has 0 radical (unpaired) electrons. The number of benzene rings is 2. The number of para-hydroxylation sites is 2. The number of nitrogens with two attached hydrogens (primary N) is 1. The summed E-state index contributed by atoms with van der Waals surface area (Å²) in [6.45, 7) is -7.37. The quantitative estimate of drug-likeness (QED) is 0.160. The van der Waals surface area contributed by atoms with E-state index in [0.29, 0.717) is 34.4 Å². The van der Waals surface area contributed by atoms with Gasteiger partial charge in [0.25, 0.3) is 0 Å². The number of nitrogen functional groups attached to an aromatic ring is 1. The maximum atomic E-state index is 14.5. The molecular weight excluding hydrogens is 533 g/mol. The number of nitrogens with zero attached hydrogens (tertiary/aromatic N) is 3. The Labute approximate surface area is 247 Å². The van der Waals surface area contributed by atoms with Gasteiger partial charge in [-0.25, -0.2) is 14.5 Å². The lowest BCUT2D eigenvalue weighted by Gasteiger charge is -2.26. The largest absolute Gasteiger partial charge is 0.462 e. The molecule has 3 atom stereocenters. The number of hydrogen-bond donors (Lipinski definition) is 2. The number of pyridine rings is 1. The fraction of sp³-hybridized carbons (Fsp3) is 0.393. The Morgan fingerprint density at radius 1 is 1.15 bits per heavy atom. The topological polar surface area (TPSA) is 140 Å². The number of anilines is 1. The Kier molecular flexibility index (Phi) is 6.00. The molecule has 4 rings (SSSR count). The minimum absolute atomic E-state index is 0.0386. The first-order chi connectivity index (χ1) is 23.1. The van der Waals surface area contributed by atoms with Crippen LogP contribution in [0, 0.1) is 0 Å². The van der Waals surface area contributed by atoms with E-state index in [4.69, 9.17) is 33.2 Å². The van der Waals surface area contributed by atoms with Gasteiger partial charge in [-0.1, -0.05) is 36.4 Å². The molecule has 4 aromatic rings. The van der Waals surface area contributed by atoms with Crippen molar-refractivity contribution in [1.82, 2.24) is 19.6 Å². The van der Waals surface area contributed by atoms with E-state index in [1.165, 1.54) is 31.2 Å². The highest BCUT2D eigenvalue weighted by Crippen LogP contribution is 2.46. The van der Waals surface area contributed by atoms with Gasteiger partial charge in [-0.15, -0.1) is 0 Å². The van der Waals surface area contributed by atoms with Gasteiger partial charge in [-0.3, -0.25) is 9.32 Å². The SMILES string of the molecule is [2H]C([2H])([2H])[C@H](N[P@@](=O)(Oc1ccccc1)O[C@H](C)Cn1c(COCC)nc2c(N)nc3ccccc3c21)C(=O)OC([2H])(C([2H])([2H])[2H])C([2H])([2H])[2H]. The lowest BCUT2D eigenvalue weighted by Crippen LogP contribution is -2.37. The first-order valence-electron chi connectivity index (χ1n) is 17.2. The summed E-state index contributed by atoms with van der Waals surface area (Å²) in [5.41, 5.74) is 7.73. The van der Waals surface area contributed by atoms with Crippen LogP contribution in [-0.4, -0.2) is 45.3 Å². The molecule has 2 aromatic heterocycles. The smallest absolute Gasteiger partial charge is 0.459 e. The van der Waals surface area contributed by atoms with Crippen molar-refractivity contribution in [3.8, 4) is 5.75 Å². The van der Waals surface area contributed by atoms with E-state index in [0.717, 1.165) is 0 Å². The van der Waals surface area contributed by atoms with Crippen LogP contribution in [0.2, 0.25) is 0 Å². The van der Waals surface area contributed by atoms with Crippen molar-refractivity contribution in [1.29, 1.82) is 0 Å². The molecule has 12 heteroatoms. The van der Waals surface area contributed by atoms with Crippen LogP contribution in [0.15, 0.2) is 54.6 Å². The minimum Gasteiger partial charge on any atom is -0.462 e. The van der Waals surface area contributed by atoms with Gasteiger partial charge >= 0.3 is 13.7 Å².